The van der Waals surface area contributed by atoms with Crippen LogP contribution in [-0.2, 0) is 11.3 Å². The normalized spacial score (nSPS) is 10.5. The lowest BCUT2D eigenvalue weighted by atomic mass is 10.2. The van der Waals surface area contributed by atoms with Gasteiger partial charge in [0.15, 0.2) is 5.82 Å². The van der Waals surface area contributed by atoms with Gasteiger partial charge < -0.3 is 10.2 Å². The molecule has 3 N–H and O–H groups in total. The van der Waals surface area contributed by atoms with Crippen LogP contribution in [0.2, 0.25) is 0 Å². The second-order valence-electron chi connectivity index (χ2n) is 3.77. The van der Waals surface area contributed by atoms with E-state index in [9.17, 15) is 0 Å². The summed E-state index contributed by atoms with van der Waals surface area (Å²) in [6, 6.07) is 7.56. The van der Waals surface area contributed by atoms with Gasteiger partial charge in [-0.2, -0.15) is 0 Å². The maximum absolute atomic E-state index is 5.42. The van der Waals surface area contributed by atoms with Gasteiger partial charge in [0.1, 0.15) is 5.82 Å². The third-order valence-corrected chi connectivity index (χ3v) is 4.28. The molecule has 0 aliphatic heterocycles. The Balaban J connectivity index is 2.47. The average molecular weight is 388 g/mol. The first-order valence-corrected chi connectivity index (χ1v) is 7.01. The van der Waals surface area contributed by atoms with Gasteiger partial charge in [0.05, 0.1) is 12.3 Å². The van der Waals surface area contributed by atoms with Crippen LogP contribution in [0, 0.1) is 0 Å². The summed E-state index contributed by atoms with van der Waals surface area (Å²) in [5.74, 6) is 6.56. The van der Waals surface area contributed by atoms with Crippen molar-refractivity contribution < 1.29 is 4.74 Å². The Morgan fingerprint density at radius 3 is 2.63 bits per heavy atom. The zero-order chi connectivity index (χ0) is 13.8. The smallest absolute Gasteiger partial charge is 0.161 e. The maximum atomic E-state index is 5.42. The number of ether oxygens (including phenoxy) is 1. The quantitative estimate of drug-likeness (QED) is 0.622. The molecule has 0 saturated carbocycles. The summed E-state index contributed by atoms with van der Waals surface area (Å²) in [5, 5.41) is 0. The lowest BCUT2D eigenvalue weighted by molar-refractivity contribution is 0.181. The van der Waals surface area contributed by atoms with Crippen molar-refractivity contribution in [2.24, 2.45) is 5.84 Å². The maximum Gasteiger partial charge on any atom is 0.161 e. The first-order valence-electron chi connectivity index (χ1n) is 5.43. The van der Waals surface area contributed by atoms with E-state index < -0.39 is 0 Å². The molecule has 0 radical (unpaired) electrons. The van der Waals surface area contributed by atoms with Gasteiger partial charge in [0, 0.05) is 27.7 Å². The predicted molar refractivity (Wildman–Crippen MR) is 81.4 cm³/mol. The topological polar surface area (TPSA) is 73.1 Å². The number of nitrogens with zero attached hydrogens (tertiary/aromatic N) is 2. The SMILES string of the molecule is COCc1cc(NN)nc(-c2ccc(Br)c(Br)c2)n1. The van der Waals surface area contributed by atoms with Crippen LogP contribution in [-0.4, -0.2) is 17.1 Å². The Kier molecular flexibility index (Phi) is 4.87. The van der Waals surface area contributed by atoms with Crippen LogP contribution in [0.5, 0.6) is 0 Å². The molecule has 100 valence electrons. The Morgan fingerprint density at radius 1 is 1.21 bits per heavy atom. The molecule has 0 saturated heterocycles. The van der Waals surface area contributed by atoms with Crippen LogP contribution in [0.1, 0.15) is 5.69 Å². The minimum Gasteiger partial charge on any atom is -0.378 e. The molecule has 0 bridgehead atoms. The van der Waals surface area contributed by atoms with E-state index in [0.717, 1.165) is 20.2 Å². The van der Waals surface area contributed by atoms with Crippen molar-refractivity contribution in [1.82, 2.24) is 9.97 Å². The molecule has 0 spiro atoms. The number of hydrogen-bond donors (Lipinski definition) is 2. The molecule has 0 unspecified atom stereocenters. The van der Waals surface area contributed by atoms with Crippen LogP contribution in [0.25, 0.3) is 11.4 Å². The average Bonchev–Trinajstić information content (AvgIpc) is 2.42. The van der Waals surface area contributed by atoms with Crippen molar-refractivity contribution >= 4 is 37.7 Å². The summed E-state index contributed by atoms with van der Waals surface area (Å²) in [5.41, 5.74) is 4.19. The number of anilines is 1. The molecule has 2 rings (SSSR count). The number of halogens is 2. The summed E-state index contributed by atoms with van der Waals surface area (Å²) < 4.78 is 7.00. The highest BCUT2D eigenvalue weighted by molar-refractivity contribution is 9.13. The van der Waals surface area contributed by atoms with E-state index in [0.29, 0.717) is 18.2 Å². The van der Waals surface area contributed by atoms with Gasteiger partial charge in [-0.05, 0) is 50.1 Å². The molecular formula is C12H12Br2N4O. The second-order valence-corrected chi connectivity index (χ2v) is 5.48. The fourth-order valence-electron chi connectivity index (χ4n) is 1.56. The van der Waals surface area contributed by atoms with Gasteiger partial charge in [-0.25, -0.2) is 15.8 Å². The number of nitrogens with two attached hydrogens (primary N) is 1. The van der Waals surface area contributed by atoms with E-state index in [2.05, 4.69) is 47.3 Å². The van der Waals surface area contributed by atoms with Crippen molar-refractivity contribution in [3.05, 3.63) is 38.9 Å². The highest BCUT2D eigenvalue weighted by Crippen LogP contribution is 2.28. The Labute approximate surface area is 127 Å². The molecule has 0 aliphatic rings. The summed E-state index contributed by atoms with van der Waals surface area (Å²) in [6.07, 6.45) is 0. The number of methoxy groups -OCH3 is 1. The number of aromatic nitrogens is 2. The summed E-state index contributed by atoms with van der Waals surface area (Å²) in [7, 11) is 1.62. The van der Waals surface area contributed by atoms with E-state index in [4.69, 9.17) is 10.6 Å². The Morgan fingerprint density at radius 2 is 2.00 bits per heavy atom. The van der Waals surface area contributed by atoms with Gasteiger partial charge in [-0.1, -0.05) is 0 Å². The van der Waals surface area contributed by atoms with Gasteiger partial charge in [0.25, 0.3) is 0 Å². The predicted octanol–water partition coefficient (Wildman–Crippen LogP) is 3.10. The molecule has 2 aromatic rings. The molecule has 0 fully saturated rings. The van der Waals surface area contributed by atoms with Crippen molar-refractivity contribution in [3.63, 3.8) is 0 Å². The van der Waals surface area contributed by atoms with E-state index in [-0.39, 0.29) is 0 Å². The summed E-state index contributed by atoms with van der Waals surface area (Å²) in [4.78, 5) is 8.78. The molecule has 1 heterocycles. The largest absolute Gasteiger partial charge is 0.378 e. The molecule has 0 amide bonds. The lowest BCUT2D eigenvalue weighted by Gasteiger charge is -2.08. The Hall–Kier alpha value is -1.02. The molecule has 19 heavy (non-hydrogen) atoms. The molecule has 7 heteroatoms. The standard InChI is InChI=1S/C12H12Br2N4O/c1-19-6-8-5-11(18-15)17-12(16-8)7-2-3-9(13)10(14)4-7/h2-5H,6,15H2,1H3,(H,16,17,18). The summed E-state index contributed by atoms with van der Waals surface area (Å²) >= 11 is 6.89. The number of hydrazine groups is 1. The van der Waals surface area contributed by atoms with Gasteiger partial charge in [0.2, 0.25) is 0 Å². The highest BCUT2D eigenvalue weighted by atomic mass is 79.9. The number of hydrogen-bond acceptors (Lipinski definition) is 5. The third-order valence-electron chi connectivity index (χ3n) is 2.40. The molecule has 5 nitrogen and oxygen atoms in total. The number of nitrogens with one attached hydrogen (secondary N) is 1. The van der Waals surface area contributed by atoms with E-state index in [1.165, 1.54) is 0 Å². The van der Waals surface area contributed by atoms with E-state index in [1.807, 2.05) is 18.2 Å². The molecular weight excluding hydrogens is 376 g/mol. The third kappa shape index (κ3) is 3.50. The van der Waals surface area contributed by atoms with Crippen molar-refractivity contribution in [2.75, 3.05) is 12.5 Å². The highest BCUT2D eigenvalue weighted by Gasteiger charge is 2.08. The number of rotatable bonds is 4. The minimum absolute atomic E-state index is 0.405. The van der Waals surface area contributed by atoms with Crippen LogP contribution >= 0.6 is 31.9 Å². The fraction of sp³-hybridized carbons (Fsp3) is 0.167. The Bertz CT molecular complexity index is 592. The molecule has 0 atom stereocenters. The van der Waals surface area contributed by atoms with Crippen LogP contribution in [0.4, 0.5) is 5.82 Å². The van der Waals surface area contributed by atoms with Gasteiger partial charge >= 0.3 is 0 Å². The minimum atomic E-state index is 0.405. The monoisotopic (exact) mass is 386 g/mol. The summed E-state index contributed by atoms with van der Waals surface area (Å²) in [6.45, 7) is 0.405. The second kappa shape index (κ2) is 6.42. The van der Waals surface area contributed by atoms with Gasteiger partial charge in [-0.3, -0.25) is 0 Å². The van der Waals surface area contributed by atoms with Crippen molar-refractivity contribution in [2.45, 2.75) is 6.61 Å². The lowest BCUT2D eigenvalue weighted by Crippen LogP contribution is -2.10. The molecule has 0 aliphatic carbocycles. The van der Waals surface area contributed by atoms with Crippen LogP contribution in [0.3, 0.4) is 0 Å². The first-order chi connectivity index (χ1) is 9.13. The first kappa shape index (κ1) is 14.4. The molecule has 1 aromatic carbocycles. The molecule has 1 aromatic heterocycles. The number of benzene rings is 1. The van der Waals surface area contributed by atoms with E-state index >= 15 is 0 Å². The zero-order valence-corrected chi connectivity index (χ0v) is 13.3. The van der Waals surface area contributed by atoms with Crippen molar-refractivity contribution in [3.8, 4) is 11.4 Å². The van der Waals surface area contributed by atoms with Crippen LogP contribution < -0.4 is 11.3 Å². The van der Waals surface area contributed by atoms with E-state index in [1.54, 1.807) is 13.2 Å². The van der Waals surface area contributed by atoms with Crippen molar-refractivity contribution in [1.29, 1.82) is 0 Å². The van der Waals surface area contributed by atoms with Gasteiger partial charge in [-0.15, -0.1) is 0 Å². The number of nitrogen functional groups attached to an aromatic ring is 1. The fourth-order valence-corrected chi connectivity index (χ4v) is 2.18. The van der Waals surface area contributed by atoms with Crippen LogP contribution in [0.15, 0.2) is 33.2 Å². The zero-order valence-electron chi connectivity index (χ0n) is 10.2.